The first-order valence-electron chi connectivity index (χ1n) is 5.32. The minimum atomic E-state index is -4.68. The van der Waals surface area contributed by atoms with Crippen LogP contribution >= 0.6 is 15.6 Å². The van der Waals surface area contributed by atoms with Gasteiger partial charge in [0.25, 0.3) is 0 Å². The zero-order chi connectivity index (χ0) is 15.2. The van der Waals surface area contributed by atoms with Gasteiger partial charge in [-0.15, -0.1) is 0 Å². The first kappa shape index (κ1) is 17.5. The lowest BCUT2D eigenvalue weighted by Crippen LogP contribution is -2.27. The van der Waals surface area contributed by atoms with Crippen LogP contribution < -0.4 is 0 Å². The average molecular weight is 327 g/mol. The normalized spacial score (nSPS) is 12.8. The molecule has 1 aromatic rings. The van der Waals surface area contributed by atoms with Crippen molar-refractivity contribution in [3.63, 3.8) is 0 Å². The molecule has 0 aliphatic carbocycles. The maximum atomic E-state index is 10.6. The first-order chi connectivity index (χ1) is 9.16. The molecule has 9 nitrogen and oxygen atoms in total. The third-order valence-electron chi connectivity index (χ3n) is 2.07. The van der Waals surface area contributed by atoms with Crippen LogP contribution in [-0.2, 0) is 24.7 Å². The zero-order valence-electron chi connectivity index (χ0n) is 10.3. The maximum Gasteiger partial charge on any atom is 0.470 e. The standard InChI is InChI=1S/C9H15NO8P2/c11-19(12,13)17-7-10(8-18-20(14,15)16)6-9-4-2-1-3-5-9/h1-5H,6-8H2,(H2,11,12,13)(H2,14,15,16). The van der Waals surface area contributed by atoms with Gasteiger partial charge in [-0.3, -0.25) is 13.9 Å². The van der Waals surface area contributed by atoms with Gasteiger partial charge in [-0.05, 0) is 5.56 Å². The molecule has 0 heterocycles. The molecule has 0 spiro atoms. The van der Waals surface area contributed by atoms with E-state index in [1.165, 1.54) is 4.90 Å². The molecule has 0 aromatic heterocycles. The summed E-state index contributed by atoms with van der Waals surface area (Å²) in [6.45, 7) is -0.945. The topological polar surface area (TPSA) is 137 Å². The van der Waals surface area contributed by atoms with E-state index in [2.05, 4.69) is 9.05 Å². The molecule has 0 unspecified atom stereocenters. The smallest absolute Gasteiger partial charge is 0.303 e. The predicted molar refractivity (Wildman–Crippen MR) is 68.0 cm³/mol. The molecule has 1 rings (SSSR count). The van der Waals surface area contributed by atoms with Gasteiger partial charge in [0.2, 0.25) is 0 Å². The molecule has 0 saturated carbocycles. The molecule has 0 bridgehead atoms. The van der Waals surface area contributed by atoms with Crippen molar-refractivity contribution in [2.24, 2.45) is 0 Å². The van der Waals surface area contributed by atoms with Crippen molar-refractivity contribution >= 4 is 15.6 Å². The minimum Gasteiger partial charge on any atom is -0.303 e. The third kappa shape index (κ3) is 8.55. The summed E-state index contributed by atoms with van der Waals surface area (Å²) in [5, 5.41) is 0. The number of phosphoric ester groups is 2. The van der Waals surface area contributed by atoms with Crippen LogP contribution in [0.4, 0.5) is 0 Å². The Morgan fingerprint density at radius 2 is 1.35 bits per heavy atom. The second-order valence-electron chi connectivity index (χ2n) is 3.81. The Morgan fingerprint density at radius 3 is 1.75 bits per heavy atom. The SMILES string of the molecule is O=P(O)(O)OCN(COP(=O)(O)O)Cc1ccccc1. The van der Waals surface area contributed by atoms with Gasteiger partial charge < -0.3 is 19.6 Å². The van der Waals surface area contributed by atoms with E-state index in [0.29, 0.717) is 0 Å². The van der Waals surface area contributed by atoms with Crippen molar-refractivity contribution in [2.45, 2.75) is 6.54 Å². The molecule has 0 fully saturated rings. The van der Waals surface area contributed by atoms with Gasteiger partial charge in [-0.25, -0.2) is 9.13 Å². The Morgan fingerprint density at radius 1 is 0.900 bits per heavy atom. The molecule has 11 heteroatoms. The van der Waals surface area contributed by atoms with E-state index in [-0.39, 0.29) is 6.54 Å². The van der Waals surface area contributed by atoms with Crippen LogP contribution in [0.2, 0.25) is 0 Å². The number of hydrogen-bond donors (Lipinski definition) is 4. The third-order valence-corrected chi connectivity index (χ3v) is 2.97. The van der Waals surface area contributed by atoms with Gasteiger partial charge in [-0.1, -0.05) is 30.3 Å². The monoisotopic (exact) mass is 327 g/mol. The van der Waals surface area contributed by atoms with Gasteiger partial charge in [0.05, 0.1) is 0 Å². The molecule has 1 aromatic carbocycles. The molecule has 4 N–H and O–H groups in total. The highest BCUT2D eigenvalue weighted by Crippen LogP contribution is 2.37. The second-order valence-corrected chi connectivity index (χ2v) is 6.29. The summed E-state index contributed by atoms with van der Waals surface area (Å²) >= 11 is 0. The van der Waals surface area contributed by atoms with Crippen molar-refractivity contribution in [2.75, 3.05) is 13.5 Å². The number of phosphoric acid groups is 2. The van der Waals surface area contributed by atoms with E-state index in [9.17, 15) is 9.13 Å². The number of rotatable bonds is 8. The number of benzene rings is 1. The highest BCUT2D eigenvalue weighted by molar-refractivity contribution is 7.46. The summed E-state index contributed by atoms with van der Waals surface area (Å²) < 4.78 is 29.9. The summed E-state index contributed by atoms with van der Waals surface area (Å²) in [5.74, 6) is 0. The van der Waals surface area contributed by atoms with Crippen LogP contribution in [0.5, 0.6) is 0 Å². The molecule has 0 atom stereocenters. The predicted octanol–water partition coefficient (Wildman–Crippen LogP) is 0.622. The molecular formula is C9H15NO8P2. The molecular weight excluding hydrogens is 312 g/mol. The van der Waals surface area contributed by atoms with E-state index in [0.717, 1.165) is 5.56 Å². The molecule has 20 heavy (non-hydrogen) atoms. The lowest BCUT2D eigenvalue weighted by molar-refractivity contribution is 0.0199. The first-order valence-corrected chi connectivity index (χ1v) is 8.38. The molecule has 114 valence electrons. The van der Waals surface area contributed by atoms with E-state index >= 15 is 0 Å². The van der Waals surface area contributed by atoms with Gasteiger partial charge in [0, 0.05) is 6.54 Å². The number of hydrogen-bond acceptors (Lipinski definition) is 5. The van der Waals surface area contributed by atoms with Crippen LogP contribution in [0.1, 0.15) is 5.56 Å². The molecule has 0 saturated heterocycles. The molecule has 0 aliphatic rings. The molecule has 0 aliphatic heterocycles. The Hall–Kier alpha value is -0.600. The Bertz CT molecular complexity index is 472. The lowest BCUT2D eigenvalue weighted by atomic mass is 10.2. The fourth-order valence-electron chi connectivity index (χ4n) is 1.28. The van der Waals surface area contributed by atoms with Gasteiger partial charge >= 0.3 is 15.6 Å². The summed E-state index contributed by atoms with van der Waals surface area (Å²) in [4.78, 5) is 35.7. The van der Waals surface area contributed by atoms with Gasteiger partial charge in [-0.2, -0.15) is 0 Å². The van der Waals surface area contributed by atoms with Crippen LogP contribution in [0, 0.1) is 0 Å². The minimum absolute atomic E-state index is 0.140. The Kier molecular flexibility index (Phi) is 6.47. The van der Waals surface area contributed by atoms with Crippen LogP contribution in [0.25, 0.3) is 0 Å². The van der Waals surface area contributed by atoms with Crippen molar-refractivity contribution in [3.8, 4) is 0 Å². The lowest BCUT2D eigenvalue weighted by Gasteiger charge is -2.22. The molecule has 0 radical (unpaired) electrons. The highest BCUT2D eigenvalue weighted by atomic mass is 31.2. The van der Waals surface area contributed by atoms with Crippen molar-refractivity contribution < 1.29 is 37.8 Å². The van der Waals surface area contributed by atoms with Gasteiger partial charge in [0.1, 0.15) is 13.5 Å². The van der Waals surface area contributed by atoms with Gasteiger partial charge in [0.15, 0.2) is 0 Å². The summed E-state index contributed by atoms with van der Waals surface area (Å²) in [7, 11) is -9.36. The Balaban J connectivity index is 2.63. The van der Waals surface area contributed by atoms with E-state index < -0.39 is 29.1 Å². The van der Waals surface area contributed by atoms with E-state index in [1.54, 1.807) is 30.3 Å². The van der Waals surface area contributed by atoms with Crippen LogP contribution in [0.15, 0.2) is 30.3 Å². The fourth-order valence-corrected chi connectivity index (χ4v) is 1.91. The fraction of sp³-hybridized carbons (Fsp3) is 0.333. The summed E-state index contributed by atoms with van der Waals surface area (Å²) in [5.41, 5.74) is 0.760. The van der Waals surface area contributed by atoms with Crippen LogP contribution in [0.3, 0.4) is 0 Å². The van der Waals surface area contributed by atoms with Crippen molar-refractivity contribution in [3.05, 3.63) is 35.9 Å². The van der Waals surface area contributed by atoms with Crippen molar-refractivity contribution in [1.82, 2.24) is 4.90 Å². The molecule has 0 amide bonds. The van der Waals surface area contributed by atoms with E-state index in [1.807, 2.05) is 0 Å². The second kappa shape index (κ2) is 7.42. The largest absolute Gasteiger partial charge is 0.470 e. The quantitative estimate of drug-likeness (QED) is 0.400. The summed E-state index contributed by atoms with van der Waals surface area (Å²) in [6.07, 6.45) is 0. The summed E-state index contributed by atoms with van der Waals surface area (Å²) in [6, 6.07) is 8.76. The average Bonchev–Trinajstić information content (AvgIpc) is 2.32. The number of nitrogens with zero attached hydrogens (tertiary/aromatic N) is 1. The van der Waals surface area contributed by atoms with Crippen molar-refractivity contribution in [1.29, 1.82) is 0 Å². The maximum absolute atomic E-state index is 10.6. The zero-order valence-corrected chi connectivity index (χ0v) is 12.1. The highest BCUT2D eigenvalue weighted by Gasteiger charge is 2.20. The van der Waals surface area contributed by atoms with E-state index in [4.69, 9.17) is 19.6 Å². The Labute approximate surface area is 115 Å². The van der Waals surface area contributed by atoms with Crippen LogP contribution in [-0.4, -0.2) is 37.9 Å².